The topological polar surface area (TPSA) is 133 Å². The lowest BCUT2D eigenvalue weighted by molar-refractivity contribution is 0.100. The molecule has 6 rings (SSSR count). The Balaban J connectivity index is 1.27. The van der Waals surface area contributed by atoms with Crippen LogP contribution in [-0.4, -0.2) is 32.5 Å². The van der Waals surface area contributed by atoms with Crippen molar-refractivity contribution >= 4 is 34.3 Å². The maximum Gasteiger partial charge on any atom is 0.254 e. The van der Waals surface area contributed by atoms with E-state index in [1.54, 1.807) is 0 Å². The van der Waals surface area contributed by atoms with E-state index in [0.29, 0.717) is 18.3 Å². The molecule has 5 aromatic rings. The summed E-state index contributed by atoms with van der Waals surface area (Å²) in [4.78, 5) is 21.2. The average Bonchev–Trinajstić information content (AvgIpc) is 3.39. The number of carbonyl (C=O) groups is 1. The average molecular weight is 548 g/mol. The van der Waals surface area contributed by atoms with E-state index in [4.69, 9.17) is 16.2 Å². The van der Waals surface area contributed by atoms with Crippen LogP contribution in [0.2, 0.25) is 0 Å². The van der Waals surface area contributed by atoms with Gasteiger partial charge in [0.15, 0.2) is 0 Å². The summed E-state index contributed by atoms with van der Waals surface area (Å²) in [6, 6.07) is 26.0. The maximum absolute atomic E-state index is 12.2. The van der Waals surface area contributed by atoms with E-state index in [2.05, 4.69) is 37.3 Å². The molecule has 0 bridgehead atoms. The Morgan fingerprint density at radius 3 is 2.61 bits per heavy atom. The first kappa shape index (κ1) is 26.3. The molecule has 41 heavy (non-hydrogen) atoms. The van der Waals surface area contributed by atoms with Gasteiger partial charge in [-0.3, -0.25) is 4.79 Å². The quantitative estimate of drug-likeness (QED) is 0.183. The number of primary amides is 1. The van der Waals surface area contributed by atoms with E-state index >= 15 is 0 Å². The Kier molecular flexibility index (Phi) is 7.51. The maximum atomic E-state index is 12.2. The molecule has 0 aliphatic heterocycles. The van der Waals surface area contributed by atoms with Gasteiger partial charge in [0.2, 0.25) is 5.95 Å². The summed E-state index contributed by atoms with van der Waals surface area (Å²) in [6.45, 7) is 0.617. The molecule has 9 heteroatoms. The van der Waals surface area contributed by atoms with Crippen LogP contribution in [0.5, 0.6) is 11.5 Å². The summed E-state index contributed by atoms with van der Waals surface area (Å²) in [5.41, 5.74) is 15.1. The molecule has 2 unspecified atom stereocenters. The van der Waals surface area contributed by atoms with Crippen molar-refractivity contribution in [3.63, 3.8) is 0 Å². The monoisotopic (exact) mass is 547 g/mol. The molecule has 1 aliphatic carbocycles. The lowest BCUT2D eigenvalue weighted by atomic mass is 9.91. The van der Waals surface area contributed by atoms with Crippen molar-refractivity contribution in [1.82, 2.24) is 14.5 Å². The van der Waals surface area contributed by atoms with Crippen molar-refractivity contribution in [2.75, 3.05) is 10.6 Å². The molecule has 6 N–H and O–H groups in total. The Morgan fingerprint density at radius 1 is 0.976 bits per heavy atom. The molecule has 9 nitrogen and oxygen atoms in total. The first-order valence-electron chi connectivity index (χ1n) is 13.9. The highest BCUT2D eigenvalue weighted by molar-refractivity contribution is 6.00. The van der Waals surface area contributed by atoms with Gasteiger partial charge in [-0.25, -0.2) is 4.98 Å². The molecule has 0 spiro atoms. The van der Waals surface area contributed by atoms with Crippen LogP contribution in [0.15, 0.2) is 91.3 Å². The van der Waals surface area contributed by atoms with Gasteiger partial charge < -0.3 is 31.4 Å². The van der Waals surface area contributed by atoms with Gasteiger partial charge in [-0.05, 0) is 49.2 Å². The number of aromatic nitrogens is 3. The second kappa shape index (κ2) is 11.7. The standard InChI is InChI=1S/C32H33N7O2/c33-25-12-5-6-13-27(25)37-32-35-19-24(30(34)40)31(38-32)36-26-14-8-15-28-23(26)17-18-39(28)20-21-9-4-7-16-29(21)41-22-10-2-1-3-11-22/h1-4,7-11,14-19,25,27H,5-6,12-13,20,33H2,(H2,34,40)(H2,35,36,37,38). The first-order valence-corrected chi connectivity index (χ1v) is 13.9. The zero-order valence-corrected chi connectivity index (χ0v) is 22.7. The minimum atomic E-state index is -0.604. The summed E-state index contributed by atoms with van der Waals surface area (Å²) >= 11 is 0. The number of para-hydroxylation sites is 2. The van der Waals surface area contributed by atoms with Crippen LogP contribution in [0.1, 0.15) is 41.6 Å². The fourth-order valence-corrected chi connectivity index (χ4v) is 5.36. The third-order valence-electron chi connectivity index (χ3n) is 7.54. The van der Waals surface area contributed by atoms with Crippen LogP contribution in [0.25, 0.3) is 10.9 Å². The van der Waals surface area contributed by atoms with E-state index < -0.39 is 5.91 Å². The molecule has 2 heterocycles. The summed E-state index contributed by atoms with van der Waals surface area (Å²) < 4.78 is 8.35. The molecular formula is C32H33N7O2. The number of nitrogens with one attached hydrogen (secondary N) is 2. The largest absolute Gasteiger partial charge is 0.457 e. The zero-order valence-electron chi connectivity index (χ0n) is 22.7. The third kappa shape index (κ3) is 5.85. The predicted molar refractivity (Wildman–Crippen MR) is 162 cm³/mol. The highest BCUT2D eigenvalue weighted by Gasteiger charge is 2.23. The van der Waals surface area contributed by atoms with Gasteiger partial charge in [-0.1, -0.05) is 55.3 Å². The predicted octanol–water partition coefficient (Wildman–Crippen LogP) is 5.80. The Morgan fingerprint density at radius 2 is 1.78 bits per heavy atom. The van der Waals surface area contributed by atoms with Crippen LogP contribution in [0.3, 0.4) is 0 Å². The van der Waals surface area contributed by atoms with Crippen molar-refractivity contribution in [3.8, 4) is 11.5 Å². The van der Waals surface area contributed by atoms with Gasteiger partial charge in [0.1, 0.15) is 22.9 Å². The number of ether oxygens (including phenoxy) is 1. The molecule has 0 radical (unpaired) electrons. The molecule has 208 valence electrons. The number of amides is 1. The molecule has 1 fully saturated rings. The smallest absolute Gasteiger partial charge is 0.254 e. The zero-order chi connectivity index (χ0) is 28.2. The number of hydrogen-bond acceptors (Lipinski definition) is 7. The van der Waals surface area contributed by atoms with E-state index in [1.807, 2.05) is 72.9 Å². The van der Waals surface area contributed by atoms with Crippen LogP contribution in [0.4, 0.5) is 17.5 Å². The van der Waals surface area contributed by atoms with E-state index in [9.17, 15) is 4.79 Å². The van der Waals surface area contributed by atoms with Gasteiger partial charge in [0, 0.05) is 41.1 Å². The number of benzene rings is 3. The molecule has 2 aromatic heterocycles. The van der Waals surface area contributed by atoms with Gasteiger partial charge in [0.25, 0.3) is 5.91 Å². The van der Waals surface area contributed by atoms with Crippen molar-refractivity contribution in [1.29, 1.82) is 0 Å². The van der Waals surface area contributed by atoms with Crippen LogP contribution < -0.4 is 26.8 Å². The first-order chi connectivity index (χ1) is 20.0. The molecule has 3 aromatic carbocycles. The van der Waals surface area contributed by atoms with Crippen LogP contribution in [0, 0.1) is 0 Å². The van der Waals surface area contributed by atoms with Gasteiger partial charge in [0.05, 0.1) is 12.1 Å². The third-order valence-corrected chi connectivity index (χ3v) is 7.54. The molecule has 1 saturated carbocycles. The van der Waals surface area contributed by atoms with Crippen LogP contribution >= 0.6 is 0 Å². The fourth-order valence-electron chi connectivity index (χ4n) is 5.36. The lowest BCUT2D eigenvalue weighted by Crippen LogP contribution is -2.43. The van der Waals surface area contributed by atoms with E-state index in [1.165, 1.54) is 6.20 Å². The molecule has 1 aliphatic rings. The number of rotatable bonds is 9. The summed E-state index contributed by atoms with van der Waals surface area (Å²) in [5, 5.41) is 7.68. The van der Waals surface area contributed by atoms with Gasteiger partial charge in [-0.15, -0.1) is 0 Å². The molecule has 1 amide bonds. The minimum absolute atomic E-state index is 0.0383. The number of hydrogen-bond donors (Lipinski definition) is 4. The number of carbonyl (C=O) groups excluding carboxylic acids is 1. The Hall–Kier alpha value is -4.89. The Bertz CT molecular complexity index is 1670. The highest BCUT2D eigenvalue weighted by atomic mass is 16.5. The Labute approximate surface area is 238 Å². The minimum Gasteiger partial charge on any atom is -0.457 e. The SMILES string of the molecule is NC(=O)c1cnc(NC2CCCCC2N)nc1Nc1cccc2c1ccn2Cc1ccccc1Oc1ccccc1. The van der Waals surface area contributed by atoms with Crippen molar-refractivity contribution in [2.24, 2.45) is 11.5 Å². The summed E-state index contributed by atoms with van der Waals surface area (Å²) in [5.74, 6) is 1.76. The van der Waals surface area contributed by atoms with E-state index in [-0.39, 0.29) is 17.6 Å². The lowest BCUT2D eigenvalue weighted by Gasteiger charge is -2.29. The summed E-state index contributed by atoms with van der Waals surface area (Å²) in [7, 11) is 0. The second-order valence-corrected chi connectivity index (χ2v) is 10.3. The summed E-state index contributed by atoms with van der Waals surface area (Å²) in [6.07, 6.45) is 7.66. The number of anilines is 3. The number of nitrogens with two attached hydrogens (primary N) is 2. The molecular weight excluding hydrogens is 514 g/mol. The molecule has 2 atom stereocenters. The number of fused-ring (bicyclic) bond motifs is 1. The molecule has 0 saturated heterocycles. The second-order valence-electron chi connectivity index (χ2n) is 10.3. The van der Waals surface area contributed by atoms with Crippen LogP contribution in [-0.2, 0) is 6.54 Å². The van der Waals surface area contributed by atoms with Crippen molar-refractivity contribution in [2.45, 2.75) is 44.3 Å². The number of nitrogens with zero attached hydrogens (tertiary/aromatic N) is 3. The van der Waals surface area contributed by atoms with Gasteiger partial charge in [-0.2, -0.15) is 4.98 Å². The van der Waals surface area contributed by atoms with E-state index in [0.717, 1.165) is 59.3 Å². The normalized spacial score (nSPS) is 16.8. The van der Waals surface area contributed by atoms with Crippen molar-refractivity contribution in [3.05, 3.63) is 102 Å². The van der Waals surface area contributed by atoms with Crippen molar-refractivity contribution < 1.29 is 9.53 Å². The fraction of sp³-hybridized carbons (Fsp3) is 0.219. The highest BCUT2D eigenvalue weighted by Crippen LogP contribution is 2.31. The van der Waals surface area contributed by atoms with Gasteiger partial charge >= 0.3 is 0 Å².